The topological polar surface area (TPSA) is 73.9 Å². The van der Waals surface area contributed by atoms with Crippen LogP contribution in [0, 0.1) is 22.7 Å². The fraction of sp³-hybridized carbons (Fsp3) is 0.100. The second-order valence-electron chi connectivity index (χ2n) is 1.39. The highest BCUT2D eigenvalue weighted by molar-refractivity contribution is 5.80. The second kappa shape index (κ2) is 22.4. The van der Waals surface area contributed by atoms with Crippen LogP contribution in [0.4, 0.5) is 0 Å². The van der Waals surface area contributed by atoms with Gasteiger partial charge in [-0.2, -0.15) is 10.5 Å². The molecular formula is C10H12N2O2. The van der Waals surface area contributed by atoms with Gasteiger partial charge in [-0.25, -0.2) is 4.79 Å². The van der Waals surface area contributed by atoms with Crippen molar-refractivity contribution < 1.29 is 9.53 Å². The van der Waals surface area contributed by atoms with Gasteiger partial charge in [-0.05, 0) is 0 Å². The van der Waals surface area contributed by atoms with Crippen LogP contribution in [-0.4, -0.2) is 13.1 Å². The molecule has 0 N–H and O–H groups in total. The highest BCUT2D eigenvalue weighted by Gasteiger charge is 1.81. The SMILES string of the molecule is C=CC#N.C=CC#N.C=CC(=O)OC. The molecule has 0 saturated carbocycles. The van der Waals surface area contributed by atoms with E-state index in [9.17, 15) is 4.79 Å². The molecule has 74 valence electrons. The first kappa shape index (κ1) is 17.7. The van der Waals surface area contributed by atoms with Gasteiger partial charge in [-0.15, -0.1) is 0 Å². The molecule has 0 rings (SSSR count). The number of rotatable bonds is 1. The van der Waals surface area contributed by atoms with Crippen LogP contribution >= 0.6 is 0 Å². The molecule has 0 spiro atoms. The number of nitrogens with zero attached hydrogens (tertiary/aromatic N) is 2. The maximum absolute atomic E-state index is 9.84. The van der Waals surface area contributed by atoms with Crippen LogP contribution in [0.25, 0.3) is 0 Å². The van der Waals surface area contributed by atoms with E-state index < -0.39 is 5.97 Å². The van der Waals surface area contributed by atoms with Crippen molar-refractivity contribution in [3.63, 3.8) is 0 Å². The van der Waals surface area contributed by atoms with E-state index >= 15 is 0 Å². The summed E-state index contributed by atoms with van der Waals surface area (Å²) in [5.41, 5.74) is 0. The number of carbonyl (C=O) groups is 1. The molecule has 4 nitrogen and oxygen atoms in total. The average Bonchev–Trinajstić information content (AvgIpc) is 2.28. The lowest BCUT2D eigenvalue weighted by Crippen LogP contribution is -1.91. The molecule has 0 radical (unpaired) electrons. The second-order valence-corrected chi connectivity index (χ2v) is 1.39. The molecule has 0 heterocycles. The first-order valence-electron chi connectivity index (χ1n) is 3.35. The lowest BCUT2D eigenvalue weighted by Gasteiger charge is -1.83. The minimum atomic E-state index is -0.394. The Hall–Kier alpha value is -2.33. The first-order valence-corrected chi connectivity index (χ1v) is 3.35. The van der Waals surface area contributed by atoms with Crippen molar-refractivity contribution in [3.8, 4) is 12.1 Å². The molecule has 0 unspecified atom stereocenters. The van der Waals surface area contributed by atoms with Gasteiger partial charge in [-0.1, -0.05) is 19.7 Å². The predicted molar refractivity (Wildman–Crippen MR) is 53.8 cm³/mol. The molecule has 4 heteroatoms. The predicted octanol–water partition coefficient (Wildman–Crippen LogP) is 1.74. The van der Waals surface area contributed by atoms with Gasteiger partial charge >= 0.3 is 5.97 Å². The Balaban J connectivity index is -0.000000135. The van der Waals surface area contributed by atoms with Crippen LogP contribution in [0.5, 0.6) is 0 Å². The van der Waals surface area contributed by atoms with Gasteiger partial charge in [0, 0.05) is 18.2 Å². The van der Waals surface area contributed by atoms with Crippen molar-refractivity contribution in [2.24, 2.45) is 0 Å². The van der Waals surface area contributed by atoms with Gasteiger partial charge in [0.2, 0.25) is 0 Å². The zero-order valence-corrected chi connectivity index (χ0v) is 8.06. The zero-order chi connectivity index (χ0) is 11.8. The molecule has 0 atom stereocenters. The van der Waals surface area contributed by atoms with Gasteiger partial charge in [0.1, 0.15) is 0 Å². The lowest BCUT2D eigenvalue weighted by atomic mass is 10.7. The Morgan fingerprint density at radius 1 is 1.21 bits per heavy atom. The van der Waals surface area contributed by atoms with Crippen LogP contribution < -0.4 is 0 Å². The van der Waals surface area contributed by atoms with Crippen LogP contribution in [0.15, 0.2) is 38.0 Å². The highest BCUT2D eigenvalue weighted by Crippen LogP contribution is 1.67. The third-order valence-corrected chi connectivity index (χ3v) is 0.550. The Labute approximate surface area is 84.0 Å². The van der Waals surface area contributed by atoms with Gasteiger partial charge in [0.05, 0.1) is 19.2 Å². The van der Waals surface area contributed by atoms with Crippen LogP contribution in [0.3, 0.4) is 0 Å². The van der Waals surface area contributed by atoms with E-state index in [4.69, 9.17) is 10.5 Å². The summed E-state index contributed by atoms with van der Waals surface area (Å²) in [5.74, 6) is -0.394. The number of esters is 1. The Morgan fingerprint density at radius 2 is 1.50 bits per heavy atom. The minimum Gasteiger partial charge on any atom is -0.466 e. The van der Waals surface area contributed by atoms with Gasteiger partial charge in [-0.3, -0.25) is 0 Å². The summed E-state index contributed by atoms with van der Waals surface area (Å²) in [6, 6.07) is 3.39. The van der Waals surface area contributed by atoms with Crippen LogP contribution in [-0.2, 0) is 9.53 Å². The van der Waals surface area contributed by atoms with E-state index in [1.807, 2.05) is 0 Å². The number of allylic oxidation sites excluding steroid dienone is 2. The monoisotopic (exact) mass is 192 g/mol. The molecule has 0 aliphatic rings. The van der Waals surface area contributed by atoms with E-state index in [-0.39, 0.29) is 0 Å². The summed E-state index contributed by atoms with van der Waals surface area (Å²) < 4.78 is 4.14. The summed E-state index contributed by atoms with van der Waals surface area (Å²) in [7, 11) is 1.31. The molecular weight excluding hydrogens is 180 g/mol. The number of hydrogen-bond acceptors (Lipinski definition) is 4. The summed E-state index contributed by atoms with van der Waals surface area (Å²) in [4.78, 5) is 9.84. The fourth-order valence-electron chi connectivity index (χ4n) is 0.0833. The number of methoxy groups -OCH3 is 1. The average molecular weight is 192 g/mol. The number of nitriles is 2. The molecule has 0 amide bonds. The Bertz CT molecular complexity index is 238. The third kappa shape index (κ3) is 54.0. The molecule has 0 aromatic rings. The Morgan fingerprint density at radius 3 is 1.50 bits per heavy atom. The van der Waals surface area contributed by atoms with Crippen LogP contribution in [0.1, 0.15) is 0 Å². The van der Waals surface area contributed by atoms with E-state index in [0.29, 0.717) is 0 Å². The summed E-state index contributed by atoms with van der Waals surface area (Å²) in [6.45, 7) is 9.39. The van der Waals surface area contributed by atoms with Crippen molar-refractivity contribution in [1.29, 1.82) is 10.5 Å². The summed E-state index contributed by atoms with van der Waals surface area (Å²) >= 11 is 0. The number of hydrogen-bond donors (Lipinski definition) is 0. The summed E-state index contributed by atoms with van der Waals surface area (Å²) in [6.07, 6.45) is 3.47. The smallest absolute Gasteiger partial charge is 0.329 e. The van der Waals surface area contributed by atoms with Gasteiger partial charge < -0.3 is 4.74 Å². The molecule has 0 fully saturated rings. The van der Waals surface area contributed by atoms with Crippen molar-refractivity contribution in [2.75, 3.05) is 7.11 Å². The first-order chi connectivity index (χ1) is 6.64. The molecule has 0 aromatic heterocycles. The Kier molecular flexibility index (Phi) is 28.3. The quantitative estimate of drug-likeness (QED) is 0.360. The van der Waals surface area contributed by atoms with E-state index in [2.05, 4.69) is 24.5 Å². The number of ether oxygens (including phenoxy) is 1. The number of carbonyl (C=O) groups excluding carboxylic acids is 1. The maximum atomic E-state index is 9.84. The molecule has 0 aliphatic heterocycles. The van der Waals surface area contributed by atoms with Gasteiger partial charge in [0.25, 0.3) is 0 Å². The van der Waals surface area contributed by atoms with Crippen molar-refractivity contribution >= 4 is 5.97 Å². The van der Waals surface area contributed by atoms with E-state index in [0.717, 1.165) is 6.08 Å². The molecule has 0 saturated heterocycles. The summed E-state index contributed by atoms with van der Waals surface area (Å²) in [5, 5.41) is 15.0. The molecule has 0 bridgehead atoms. The van der Waals surface area contributed by atoms with Gasteiger partial charge in [0.15, 0.2) is 0 Å². The third-order valence-electron chi connectivity index (χ3n) is 0.550. The maximum Gasteiger partial charge on any atom is 0.329 e. The standard InChI is InChI=1S/C4H6O2.2C3H3N/c1-3-4(5)6-2;2*1-2-3-4/h3H,1H2,2H3;2*2H,1H2. The largest absolute Gasteiger partial charge is 0.466 e. The van der Waals surface area contributed by atoms with Crippen molar-refractivity contribution in [1.82, 2.24) is 0 Å². The fourth-order valence-corrected chi connectivity index (χ4v) is 0.0833. The highest BCUT2D eigenvalue weighted by atomic mass is 16.5. The van der Waals surface area contributed by atoms with E-state index in [1.54, 1.807) is 12.1 Å². The molecule has 0 aliphatic carbocycles. The minimum absolute atomic E-state index is 0.394. The molecule has 14 heavy (non-hydrogen) atoms. The van der Waals surface area contributed by atoms with Crippen molar-refractivity contribution in [3.05, 3.63) is 38.0 Å². The van der Waals surface area contributed by atoms with E-state index in [1.165, 1.54) is 19.3 Å². The lowest BCUT2D eigenvalue weighted by molar-refractivity contribution is -0.134. The molecule has 0 aromatic carbocycles. The normalized spacial score (nSPS) is 5.07. The van der Waals surface area contributed by atoms with Crippen molar-refractivity contribution in [2.45, 2.75) is 0 Å². The zero-order valence-electron chi connectivity index (χ0n) is 8.06. The van der Waals surface area contributed by atoms with Crippen LogP contribution in [0.2, 0.25) is 0 Å².